The molecule has 0 bridgehead atoms. The van der Waals surface area contributed by atoms with Crippen LogP contribution in [-0.4, -0.2) is 25.8 Å². The summed E-state index contributed by atoms with van der Waals surface area (Å²) in [4.78, 5) is 16.4. The van der Waals surface area contributed by atoms with Gasteiger partial charge in [-0.15, -0.1) is 0 Å². The zero-order valence-electron chi connectivity index (χ0n) is 9.91. The molecule has 1 unspecified atom stereocenters. The Labute approximate surface area is 103 Å². The summed E-state index contributed by atoms with van der Waals surface area (Å²) in [7, 11) is 0. The van der Waals surface area contributed by atoms with Gasteiger partial charge in [0, 0.05) is 12.7 Å². The lowest BCUT2D eigenvalue weighted by Gasteiger charge is -2.23. The van der Waals surface area contributed by atoms with E-state index in [2.05, 4.69) is 4.98 Å². The fourth-order valence-electron chi connectivity index (χ4n) is 2.12. The van der Waals surface area contributed by atoms with Gasteiger partial charge in [0.15, 0.2) is 6.29 Å². The molecule has 0 fully saturated rings. The summed E-state index contributed by atoms with van der Waals surface area (Å²) >= 11 is 0. The number of imidazole rings is 1. The molecule has 6 heteroatoms. The number of pyridine rings is 1. The number of ether oxygens (including phenoxy) is 1. The monoisotopic (exact) mass is 247 g/mol. The van der Waals surface area contributed by atoms with E-state index in [1.54, 1.807) is 33.8 Å². The third-order valence-corrected chi connectivity index (χ3v) is 3.02. The molecular weight excluding hydrogens is 234 g/mol. The quantitative estimate of drug-likeness (QED) is 0.790. The average molecular weight is 247 g/mol. The van der Waals surface area contributed by atoms with Crippen molar-refractivity contribution >= 4 is 0 Å². The van der Waals surface area contributed by atoms with Crippen LogP contribution in [0.25, 0.3) is 5.69 Å². The van der Waals surface area contributed by atoms with Crippen molar-refractivity contribution in [2.24, 2.45) is 0 Å². The van der Waals surface area contributed by atoms with Crippen molar-refractivity contribution in [2.75, 3.05) is 6.61 Å². The number of aliphatic hydroxyl groups excluding tert-OH is 1. The molecule has 0 spiro atoms. The van der Waals surface area contributed by atoms with Crippen molar-refractivity contribution in [1.29, 1.82) is 0 Å². The van der Waals surface area contributed by atoms with E-state index < -0.39 is 6.29 Å². The summed E-state index contributed by atoms with van der Waals surface area (Å²) < 4.78 is 8.31. The van der Waals surface area contributed by atoms with Crippen LogP contribution in [0.1, 0.15) is 17.7 Å². The largest absolute Gasteiger partial charge is 0.363 e. The molecule has 94 valence electrons. The maximum Gasteiger partial charge on any atom is 0.275 e. The van der Waals surface area contributed by atoms with Crippen LogP contribution >= 0.6 is 0 Å². The minimum Gasteiger partial charge on any atom is -0.363 e. The first kappa shape index (κ1) is 11.2. The molecule has 0 saturated carbocycles. The summed E-state index contributed by atoms with van der Waals surface area (Å²) in [6.45, 7) is 2.65. The molecule has 2 aromatic heterocycles. The molecule has 0 aromatic carbocycles. The van der Waals surface area contributed by atoms with Crippen molar-refractivity contribution in [3.63, 3.8) is 0 Å². The van der Waals surface area contributed by atoms with Crippen LogP contribution < -0.4 is 5.56 Å². The predicted octanol–water partition coefficient (Wildman–Crippen LogP) is 0.364. The van der Waals surface area contributed by atoms with Gasteiger partial charge in [0.2, 0.25) is 0 Å². The molecule has 2 aromatic rings. The lowest BCUT2D eigenvalue weighted by Crippen LogP contribution is -2.33. The molecule has 0 saturated heterocycles. The van der Waals surface area contributed by atoms with Crippen molar-refractivity contribution in [3.05, 3.63) is 46.4 Å². The average Bonchev–Trinajstić information content (AvgIpc) is 2.77. The first-order valence-electron chi connectivity index (χ1n) is 5.71. The van der Waals surface area contributed by atoms with Gasteiger partial charge in [-0.3, -0.25) is 4.79 Å². The minimum absolute atomic E-state index is 0.146. The SMILES string of the molecule is Cc1cn(-c2ccc3n(c2=O)CCOC3O)cn1. The van der Waals surface area contributed by atoms with Gasteiger partial charge in [-0.2, -0.15) is 0 Å². The predicted molar refractivity (Wildman–Crippen MR) is 63.5 cm³/mol. The van der Waals surface area contributed by atoms with Crippen molar-refractivity contribution < 1.29 is 9.84 Å². The summed E-state index contributed by atoms with van der Waals surface area (Å²) in [5, 5.41) is 9.65. The number of rotatable bonds is 1. The highest BCUT2D eigenvalue weighted by molar-refractivity contribution is 5.32. The summed E-state index contributed by atoms with van der Waals surface area (Å²) in [5.41, 5.74) is 1.72. The van der Waals surface area contributed by atoms with E-state index in [1.165, 1.54) is 0 Å². The highest BCUT2D eigenvalue weighted by Gasteiger charge is 2.20. The molecule has 0 radical (unpaired) electrons. The van der Waals surface area contributed by atoms with E-state index >= 15 is 0 Å². The number of aromatic nitrogens is 3. The van der Waals surface area contributed by atoms with Crippen molar-refractivity contribution in [2.45, 2.75) is 19.8 Å². The third-order valence-electron chi connectivity index (χ3n) is 3.02. The Morgan fingerprint density at radius 1 is 1.50 bits per heavy atom. The molecule has 1 N–H and O–H groups in total. The van der Waals surface area contributed by atoms with Crippen molar-refractivity contribution in [3.8, 4) is 5.69 Å². The first-order chi connectivity index (χ1) is 8.66. The zero-order valence-corrected chi connectivity index (χ0v) is 9.91. The van der Waals surface area contributed by atoms with Crippen LogP contribution in [0.5, 0.6) is 0 Å². The Balaban J connectivity index is 2.16. The van der Waals surface area contributed by atoms with Crippen LogP contribution in [0.2, 0.25) is 0 Å². The van der Waals surface area contributed by atoms with Crippen LogP contribution in [0.15, 0.2) is 29.5 Å². The molecule has 1 atom stereocenters. The Kier molecular flexibility index (Phi) is 2.53. The minimum atomic E-state index is -1.02. The molecule has 18 heavy (non-hydrogen) atoms. The second kappa shape index (κ2) is 4.08. The molecule has 1 aliphatic heterocycles. The molecule has 0 amide bonds. The van der Waals surface area contributed by atoms with Gasteiger partial charge in [-0.1, -0.05) is 0 Å². The van der Waals surface area contributed by atoms with Crippen molar-refractivity contribution in [1.82, 2.24) is 14.1 Å². The molecule has 0 aliphatic carbocycles. The van der Waals surface area contributed by atoms with Gasteiger partial charge in [0.05, 0.1) is 24.3 Å². The number of aliphatic hydroxyl groups is 1. The number of fused-ring (bicyclic) bond motifs is 1. The van der Waals surface area contributed by atoms with E-state index in [0.717, 1.165) is 5.69 Å². The second-order valence-electron chi connectivity index (χ2n) is 4.25. The van der Waals surface area contributed by atoms with E-state index in [9.17, 15) is 9.90 Å². The van der Waals surface area contributed by atoms with Gasteiger partial charge in [-0.25, -0.2) is 4.98 Å². The molecule has 6 nitrogen and oxygen atoms in total. The maximum atomic E-state index is 12.3. The molecule has 1 aliphatic rings. The fourth-order valence-corrected chi connectivity index (χ4v) is 2.12. The van der Waals surface area contributed by atoms with E-state index in [4.69, 9.17) is 4.74 Å². The Morgan fingerprint density at radius 3 is 3.06 bits per heavy atom. The van der Waals surface area contributed by atoms with E-state index in [1.807, 2.05) is 6.92 Å². The topological polar surface area (TPSA) is 69.3 Å². The Hall–Kier alpha value is -1.92. The Morgan fingerprint density at radius 2 is 2.33 bits per heavy atom. The highest BCUT2D eigenvalue weighted by atomic mass is 16.6. The number of nitrogens with zero attached hydrogens (tertiary/aromatic N) is 3. The van der Waals surface area contributed by atoms with Gasteiger partial charge in [0.25, 0.3) is 5.56 Å². The molecule has 3 rings (SSSR count). The third kappa shape index (κ3) is 1.66. The summed E-state index contributed by atoms with van der Waals surface area (Å²) in [5.74, 6) is 0. The second-order valence-corrected chi connectivity index (χ2v) is 4.25. The summed E-state index contributed by atoms with van der Waals surface area (Å²) in [6.07, 6.45) is 2.37. The van der Waals surface area contributed by atoms with Gasteiger partial charge in [0.1, 0.15) is 5.69 Å². The van der Waals surface area contributed by atoms with Crippen LogP contribution in [0, 0.1) is 6.92 Å². The number of hydrogen-bond donors (Lipinski definition) is 1. The normalized spacial score (nSPS) is 18.7. The van der Waals surface area contributed by atoms with Gasteiger partial charge >= 0.3 is 0 Å². The lowest BCUT2D eigenvalue weighted by molar-refractivity contribution is -0.125. The fraction of sp³-hybridized carbons (Fsp3) is 0.333. The van der Waals surface area contributed by atoms with Gasteiger partial charge in [-0.05, 0) is 19.1 Å². The lowest BCUT2D eigenvalue weighted by atomic mass is 10.2. The molecule has 3 heterocycles. The molecular formula is C12H13N3O3. The number of aryl methyl sites for hydroxylation is 1. The van der Waals surface area contributed by atoms with Gasteiger partial charge < -0.3 is 19.0 Å². The maximum absolute atomic E-state index is 12.3. The van der Waals surface area contributed by atoms with Crippen LogP contribution in [0.3, 0.4) is 0 Å². The number of hydrogen-bond acceptors (Lipinski definition) is 4. The standard InChI is InChI=1S/C12H13N3O3/c1-8-6-14(7-13-8)9-2-3-10-12(17)18-5-4-15(10)11(9)16/h2-3,6-7,12,17H,4-5H2,1H3. The smallest absolute Gasteiger partial charge is 0.275 e. The Bertz CT molecular complexity index is 644. The van der Waals surface area contributed by atoms with Crippen LogP contribution in [-0.2, 0) is 11.3 Å². The first-order valence-corrected chi connectivity index (χ1v) is 5.71. The van der Waals surface area contributed by atoms with Crippen LogP contribution in [0.4, 0.5) is 0 Å². The highest BCUT2D eigenvalue weighted by Crippen LogP contribution is 2.18. The zero-order chi connectivity index (χ0) is 12.7. The van der Waals surface area contributed by atoms with E-state index in [0.29, 0.717) is 24.5 Å². The summed E-state index contributed by atoms with van der Waals surface area (Å²) in [6, 6.07) is 3.38. The van der Waals surface area contributed by atoms with E-state index in [-0.39, 0.29) is 5.56 Å².